The smallest absolute Gasteiger partial charge is 0.0544 e. The quantitative estimate of drug-likeness (QED) is 0.839. The predicted molar refractivity (Wildman–Crippen MR) is 66.0 cm³/mol. The number of nitrogens with zero attached hydrogens (tertiary/aromatic N) is 2. The Morgan fingerprint density at radius 2 is 2.31 bits per heavy atom. The van der Waals surface area contributed by atoms with Crippen LogP contribution in [0.2, 0.25) is 0 Å². The molecule has 0 aliphatic carbocycles. The first kappa shape index (κ1) is 11.6. The Bertz CT molecular complexity index is 297. The predicted octanol–water partition coefficient (Wildman–Crippen LogP) is 1.78. The third kappa shape index (κ3) is 3.03. The van der Waals surface area contributed by atoms with Gasteiger partial charge in [0.2, 0.25) is 0 Å². The maximum Gasteiger partial charge on any atom is 0.0544 e. The van der Waals surface area contributed by atoms with E-state index in [1.165, 1.54) is 31.5 Å². The number of rotatable bonds is 4. The second-order valence-corrected chi connectivity index (χ2v) is 4.52. The van der Waals surface area contributed by atoms with Crippen LogP contribution in [-0.4, -0.2) is 29.0 Å². The Morgan fingerprint density at radius 1 is 1.38 bits per heavy atom. The van der Waals surface area contributed by atoms with E-state index in [9.17, 15) is 0 Å². The van der Waals surface area contributed by atoms with Crippen molar-refractivity contribution in [2.24, 2.45) is 5.73 Å². The summed E-state index contributed by atoms with van der Waals surface area (Å²) in [7, 11) is 0. The van der Waals surface area contributed by atoms with Crippen molar-refractivity contribution in [3.8, 4) is 0 Å². The molecule has 0 spiro atoms. The standard InChI is InChI=1S/C13H21N3/c14-8-7-13-6-2-4-10-16(13)11-12-5-1-3-9-15-12/h1,3,5,9,13H,2,4,6-8,10-11,14H2. The molecule has 1 aliphatic heterocycles. The van der Waals surface area contributed by atoms with Gasteiger partial charge in [-0.15, -0.1) is 0 Å². The molecular formula is C13H21N3. The van der Waals surface area contributed by atoms with Crippen LogP contribution in [0.3, 0.4) is 0 Å². The van der Waals surface area contributed by atoms with Crippen LogP contribution in [0.25, 0.3) is 0 Å². The van der Waals surface area contributed by atoms with Gasteiger partial charge >= 0.3 is 0 Å². The minimum absolute atomic E-state index is 0.667. The van der Waals surface area contributed by atoms with Gasteiger partial charge in [-0.25, -0.2) is 0 Å². The van der Waals surface area contributed by atoms with Crippen molar-refractivity contribution in [2.45, 2.75) is 38.3 Å². The average Bonchev–Trinajstić information content (AvgIpc) is 2.33. The number of nitrogens with two attached hydrogens (primary N) is 1. The highest BCUT2D eigenvalue weighted by Gasteiger charge is 2.21. The van der Waals surface area contributed by atoms with Crippen LogP contribution in [-0.2, 0) is 6.54 Å². The molecule has 0 bridgehead atoms. The molecule has 1 saturated heterocycles. The van der Waals surface area contributed by atoms with E-state index in [-0.39, 0.29) is 0 Å². The summed E-state index contributed by atoms with van der Waals surface area (Å²) >= 11 is 0. The lowest BCUT2D eigenvalue weighted by molar-refractivity contribution is 0.132. The second-order valence-electron chi connectivity index (χ2n) is 4.52. The van der Waals surface area contributed by atoms with Crippen LogP contribution in [0.4, 0.5) is 0 Å². The molecule has 2 heterocycles. The number of hydrogen-bond donors (Lipinski definition) is 1. The van der Waals surface area contributed by atoms with E-state index in [0.717, 1.165) is 19.5 Å². The van der Waals surface area contributed by atoms with Crippen molar-refractivity contribution in [2.75, 3.05) is 13.1 Å². The molecule has 16 heavy (non-hydrogen) atoms. The average molecular weight is 219 g/mol. The van der Waals surface area contributed by atoms with Crippen LogP contribution in [0.5, 0.6) is 0 Å². The minimum atomic E-state index is 0.667. The fourth-order valence-corrected chi connectivity index (χ4v) is 2.49. The molecule has 1 fully saturated rings. The first-order chi connectivity index (χ1) is 7.90. The number of hydrogen-bond acceptors (Lipinski definition) is 3. The van der Waals surface area contributed by atoms with Gasteiger partial charge in [0.1, 0.15) is 0 Å². The van der Waals surface area contributed by atoms with Crippen molar-refractivity contribution in [3.05, 3.63) is 30.1 Å². The monoisotopic (exact) mass is 219 g/mol. The summed E-state index contributed by atoms with van der Waals surface area (Å²) in [6, 6.07) is 6.80. The molecule has 1 aliphatic rings. The lowest BCUT2D eigenvalue weighted by Crippen LogP contribution is -2.40. The molecule has 1 atom stereocenters. The molecule has 0 radical (unpaired) electrons. The SMILES string of the molecule is NCCC1CCCCN1Cc1ccccn1. The summed E-state index contributed by atoms with van der Waals surface area (Å²) in [6.45, 7) is 2.97. The molecule has 1 aromatic rings. The van der Waals surface area contributed by atoms with Crippen LogP contribution < -0.4 is 5.73 Å². The lowest BCUT2D eigenvalue weighted by Gasteiger charge is -2.35. The van der Waals surface area contributed by atoms with Gasteiger partial charge in [0.15, 0.2) is 0 Å². The highest BCUT2D eigenvalue weighted by Crippen LogP contribution is 2.20. The summed E-state index contributed by atoms with van der Waals surface area (Å²) in [5, 5.41) is 0. The van der Waals surface area contributed by atoms with Gasteiger partial charge in [-0.2, -0.15) is 0 Å². The zero-order valence-corrected chi connectivity index (χ0v) is 9.81. The highest BCUT2D eigenvalue weighted by molar-refractivity contribution is 5.03. The lowest BCUT2D eigenvalue weighted by atomic mass is 9.99. The van der Waals surface area contributed by atoms with E-state index >= 15 is 0 Å². The maximum absolute atomic E-state index is 5.67. The zero-order chi connectivity index (χ0) is 11.2. The first-order valence-electron chi connectivity index (χ1n) is 6.24. The molecule has 0 aromatic carbocycles. The molecule has 2 N–H and O–H groups in total. The van der Waals surface area contributed by atoms with Crippen molar-refractivity contribution in [1.82, 2.24) is 9.88 Å². The fourth-order valence-electron chi connectivity index (χ4n) is 2.49. The van der Waals surface area contributed by atoms with Gasteiger partial charge in [0.25, 0.3) is 0 Å². The van der Waals surface area contributed by atoms with E-state index < -0.39 is 0 Å². The first-order valence-corrected chi connectivity index (χ1v) is 6.24. The van der Waals surface area contributed by atoms with Crippen molar-refractivity contribution in [3.63, 3.8) is 0 Å². The molecular weight excluding hydrogens is 198 g/mol. The molecule has 0 saturated carbocycles. The molecule has 0 amide bonds. The van der Waals surface area contributed by atoms with Crippen LogP contribution in [0.1, 0.15) is 31.4 Å². The third-order valence-corrected chi connectivity index (χ3v) is 3.34. The molecule has 3 nitrogen and oxygen atoms in total. The maximum atomic E-state index is 5.67. The number of aromatic nitrogens is 1. The van der Waals surface area contributed by atoms with Gasteiger partial charge in [0, 0.05) is 18.8 Å². The second kappa shape index (κ2) is 5.97. The Labute approximate surface area is 97.7 Å². The van der Waals surface area contributed by atoms with Crippen molar-refractivity contribution < 1.29 is 0 Å². The van der Waals surface area contributed by atoms with E-state index in [2.05, 4.69) is 22.0 Å². The molecule has 1 unspecified atom stereocenters. The topological polar surface area (TPSA) is 42.1 Å². The zero-order valence-electron chi connectivity index (χ0n) is 9.81. The largest absolute Gasteiger partial charge is 0.330 e. The molecule has 2 rings (SSSR count). The van der Waals surface area contributed by atoms with Crippen molar-refractivity contribution in [1.29, 1.82) is 0 Å². The van der Waals surface area contributed by atoms with Crippen LogP contribution in [0.15, 0.2) is 24.4 Å². The van der Waals surface area contributed by atoms with Crippen LogP contribution in [0, 0.1) is 0 Å². The Morgan fingerprint density at radius 3 is 3.06 bits per heavy atom. The van der Waals surface area contributed by atoms with Crippen LogP contribution >= 0.6 is 0 Å². The van der Waals surface area contributed by atoms with Gasteiger partial charge < -0.3 is 5.73 Å². The Hall–Kier alpha value is -0.930. The van der Waals surface area contributed by atoms with E-state index in [0.29, 0.717) is 6.04 Å². The summed E-state index contributed by atoms with van der Waals surface area (Å²) in [4.78, 5) is 6.93. The fraction of sp³-hybridized carbons (Fsp3) is 0.615. The van der Waals surface area contributed by atoms with E-state index in [4.69, 9.17) is 5.73 Å². The minimum Gasteiger partial charge on any atom is -0.330 e. The third-order valence-electron chi connectivity index (χ3n) is 3.34. The van der Waals surface area contributed by atoms with E-state index in [1.54, 1.807) is 0 Å². The summed E-state index contributed by atoms with van der Waals surface area (Å²) in [5.41, 5.74) is 6.85. The van der Waals surface area contributed by atoms with Gasteiger partial charge in [0.05, 0.1) is 5.69 Å². The molecule has 3 heteroatoms. The normalized spacial score (nSPS) is 22.2. The Kier molecular flexibility index (Phi) is 4.31. The summed E-state index contributed by atoms with van der Waals surface area (Å²) < 4.78 is 0. The highest BCUT2D eigenvalue weighted by atomic mass is 15.2. The Balaban J connectivity index is 1.96. The van der Waals surface area contributed by atoms with E-state index in [1.807, 2.05) is 12.3 Å². The van der Waals surface area contributed by atoms with Gasteiger partial charge in [-0.05, 0) is 44.5 Å². The molecule has 88 valence electrons. The summed E-state index contributed by atoms with van der Waals surface area (Å²) in [6.07, 6.45) is 6.95. The molecule has 1 aromatic heterocycles. The van der Waals surface area contributed by atoms with Gasteiger partial charge in [-0.3, -0.25) is 9.88 Å². The van der Waals surface area contributed by atoms with Gasteiger partial charge in [-0.1, -0.05) is 12.5 Å². The number of likely N-dealkylation sites (tertiary alicyclic amines) is 1. The summed E-state index contributed by atoms with van der Waals surface area (Å²) in [5.74, 6) is 0. The number of piperidine rings is 1. The number of pyridine rings is 1. The van der Waals surface area contributed by atoms with Crippen molar-refractivity contribution >= 4 is 0 Å².